The van der Waals surface area contributed by atoms with E-state index in [1.54, 1.807) is 24.5 Å². The van der Waals surface area contributed by atoms with Crippen molar-refractivity contribution < 1.29 is 9.90 Å². The quantitative estimate of drug-likeness (QED) is 0.275. The minimum Gasteiger partial charge on any atom is -0.508 e. The summed E-state index contributed by atoms with van der Waals surface area (Å²) in [5, 5.41) is 17.2. The van der Waals surface area contributed by atoms with E-state index < -0.39 is 0 Å². The van der Waals surface area contributed by atoms with E-state index in [4.69, 9.17) is 0 Å². The molecular weight excluding hydrogens is 412 g/mol. The third-order valence-electron chi connectivity index (χ3n) is 5.51. The Hall–Kier alpha value is -3.90. The maximum Gasteiger partial charge on any atom is 0.251 e. The first-order valence-electron chi connectivity index (χ1n) is 11.1. The highest BCUT2D eigenvalue weighted by Crippen LogP contribution is 2.23. The largest absolute Gasteiger partial charge is 0.508 e. The Bertz CT molecular complexity index is 1230. The highest BCUT2D eigenvalue weighted by atomic mass is 16.3. The van der Waals surface area contributed by atoms with Crippen molar-refractivity contribution in [3.05, 3.63) is 102 Å². The number of nitrogens with one attached hydrogen (secondary N) is 3. The molecule has 2 aromatic carbocycles. The molecule has 2 heterocycles. The number of H-pyrrole nitrogens is 1. The molecule has 0 aliphatic heterocycles. The molecule has 2 aromatic heterocycles. The molecule has 33 heavy (non-hydrogen) atoms. The summed E-state index contributed by atoms with van der Waals surface area (Å²) in [6.45, 7) is 1.95. The molecule has 0 radical (unpaired) electrons. The summed E-state index contributed by atoms with van der Waals surface area (Å²) in [6.07, 6.45) is 11.2. The van der Waals surface area contributed by atoms with Crippen LogP contribution in [-0.4, -0.2) is 34.1 Å². The average Bonchev–Trinajstić information content (AvgIpc) is 3.24. The van der Waals surface area contributed by atoms with Crippen LogP contribution >= 0.6 is 0 Å². The number of carbonyl (C=O) groups excluding carboxylic acids is 1. The molecule has 0 aliphatic carbocycles. The molecule has 6 nitrogen and oxygen atoms in total. The number of pyridine rings is 1. The van der Waals surface area contributed by atoms with Gasteiger partial charge in [-0.3, -0.25) is 9.78 Å². The number of amides is 1. The van der Waals surface area contributed by atoms with E-state index in [2.05, 4.69) is 20.6 Å². The van der Waals surface area contributed by atoms with Gasteiger partial charge in [0.15, 0.2) is 0 Å². The van der Waals surface area contributed by atoms with Crippen molar-refractivity contribution in [3.63, 3.8) is 0 Å². The summed E-state index contributed by atoms with van der Waals surface area (Å²) in [5.74, 6) is 0.209. The van der Waals surface area contributed by atoms with Gasteiger partial charge in [-0.05, 0) is 72.5 Å². The van der Waals surface area contributed by atoms with E-state index >= 15 is 0 Å². The van der Waals surface area contributed by atoms with Gasteiger partial charge in [0.2, 0.25) is 0 Å². The Morgan fingerprint density at radius 1 is 1.03 bits per heavy atom. The maximum atomic E-state index is 12.7. The zero-order valence-electron chi connectivity index (χ0n) is 18.4. The molecule has 168 valence electrons. The Labute approximate surface area is 193 Å². The van der Waals surface area contributed by atoms with Gasteiger partial charge in [0.25, 0.3) is 5.91 Å². The van der Waals surface area contributed by atoms with Crippen LogP contribution in [0.15, 0.2) is 79.3 Å². The third kappa shape index (κ3) is 6.08. The summed E-state index contributed by atoms with van der Waals surface area (Å²) >= 11 is 0. The number of hydrogen-bond donors (Lipinski definition) is 4. The lowest BCUT2D eigenvalue weighted by atomic mass is 10.1. The first-order chi connectivity index (χ1) is 16.2. The molecule has 0 bridgehead atoms. The zero-order valence-corrected chi connectivity index (χ0v) is 18.4. The first kappa shape index (κ1) is 22.3. The number of aromatic hydroxyl groups is 1. The number of hydrogen-bond acceptors (Lipinski definition) is 4. The van der Waals surface area contributed by atoms with Gasteiger partial charge < -0.3 is 20.7 Å². The fraction of sp³-hybridized carbons (Fsp3) is 0.185. The Morgan fingerprint density at radius 2 is 1.88 bits per heavy atom. The second-order valence-electron chi connectivity index (χ2n) is 7.86. The predicted molar refractivity (Wildman–Crippen MR) is 132 cm³/mol. The number of nitrogens with zero attached hydrogens (tertiary/aromatic N) is 1. The molecule has 0 atom stereocenters. The number of benzene rings is 2. The lowest BCUT2D eigenvalue weighted by molar-refractivity contribution is 0.0953. The molecule has 4 aromatic rings. The van der Waals surface area contributed by atoms with Crippen LogP contribution in [0.4, 0.5) is 0 Å². The van der Waals surface area contributed by atoms with Crippen LogP contribution in [0.5, 0.6) is 5.75 Å². The van der Waals surface area contributed by atoms with Gasteiger partial charge in [-0.1, -0.05) is 30.4 Å². The van der Waals surface area contributed by atoms with Gasteiger partial charge >= 0.3 is 0 Å². The molecule has 6 heteroatoms. The average molecular weight is 441 g/mol. The minimum atomic E-state index is -0.0585. The fourth-order valence-electron chi connectivity index (χ4n) is 3.77. The number of fused-ring (bicyclic) bond motifs is 1. The van der Waals surface area contributed by atoms with Crippen LogP contribution in [0.3, 0.4) is 0 Å². The van der Waals surface area contributed by atoms with E-state index in [-0.39, 0.29) is 11.7 Å². The zero-order chi connectivity index (χ0) is 22.9. The molecule has 0 unspecified atom stereocenters. The second kappa shape index (κ2) is 11.1. The van der Waals surface area contributed by atoms with E-state index in [0.717, 1.165) is 47.0 Å². The predicted octanol–water partition coefficient (Wildman–Crippen LogP) is 4.43. The van der Waals surface area contributed by atoms with Gasteiger partial charge in [-0.15, -0.1) is 0 Å². The fourth-order valence-corrected chi connectivity index (χ4v) is 3.77. The van der Waals surface area contributed by atoms with Crippen molar-refractivity contribution in [1.82, 2.24) is 20.6 Å². The van der Waals surface area contributed by atoms with Crippen LogP contribution < -0.4 is 10.6 Å². The molecule has 0 fully saturated rings. The summed E-state index contributed by atoms with van der Waals surface area (Å²) in [6, 6.07) is 16.9. The summed E-state index contributed by atoms with van der Waals surface area (Å²) < 4.78 is 0. The summed E-state index contributed by atoms with van der Waals surface area (Å²) in [7, 11) is 0. The molecule has 0 spiro atoms. The van der Waals surface area contributed by atoms with E-state index in [0.29, 0.717) is 18.7 Å². The van der Waals surface area contributed by atoms with E-state index in [9.17, 15) is 9.90 Å². The Morgan fingerprint density at radius 3 is 2.76 bits per heavy atom. The Balaban J connectivity index is 1.25. The number of phenolic OH excluding ortho intramolecular Hbond substituents is 1. The third-order valence-corrected chi connectivity index (χ3v) is 5.51. The number of phenols is 1. The molecule has 0 aliphatic rings. The number of aromatic amines is 1. The lowest BCUT2D eigenvalue weighted by Gasteiger charge is -2.11. The number of aromatic nitrogens is 2. The second-order valence-corrected chi connectivity index (χ2v) is 7.86. The topological polar surface area (TPSA) is 90.0 Å². The normalized spacial score (nSPS) is 11.3. The number of carbonyl (C=O) groups is 1. The van der Waals surface area contributed by atoms with Crippen LogP contribution in [0.1, 0.15) is 33.5 Å². The van der Waals surface area contributed by atoms with Crippen LogP contribution in [0, 0.1) is 0 Å². The van der Waals surface area contributed by atoms with E-state index in [1.165, 1.54) is 0 Å². The SMILES string of the molecule is O=C(NCCC=Cc1ccncc1)c1ccccc1CNCCc1c[nH]c2ccc(O)cc12. The van der Waals surface area contributed by atoms with Crippen molar-refractivity contribution in [1.29, 1.82) is 0 Å². The monoisotopic (exact) mass is 440 g/mol. The lowest BCUT2D eigenvalue weighted by Crippen LogP contribution is -2.26. The van der Waals surface area contributed by atoms with Gasteiger partial charge in [0.1, 0.15) is 5.75 Å². The molecule has 0 saturated carbocycles. The van der Waals surface area contributed by atoms with Gasteiger partial charge in [0.05, 0.1) is 0 Å². The molecule has 1 amide bonds. The van der Waals surface area contributed by atoms with Gasteiger partial charge in [-0.2, -0.15) is 0 Å². The van der Waals surface area contributed by atoms with Gasteiger partial charge in [-0.25, -0.2) is 0 Å². The van der Waals surface area contributed by atoms with Crippen molar-refractivity contribution in [2.45, 2.75) is 19.4 Å². The molecule has 4 N–H and O–H groups in total. The van der Waals surface area contributed by atoms with Crippen molar-refractivity contribution in [2.24, 2.45) is 0 Å². The standard InChI is InChI=1S/C27H28N4O2/c32-23-8-9-26-25(17-23)22(19-31-26)12-16-29-18-21-6-1-2-7-24(21)27(33)30-13-4-3-5-20-10-14-28-15-11-20/h1-3,5-11,14-15,17,19,29,31-32H,4,12-13,16,18H2,(H,30,33). The van der Waals surface area contributed by atoms with Crippen LogP contribution in [0.25, 0.3) is 17.0 Å². The highest BCUT2D eigenvalue weighted by molar-refractivity contribution is 5.95. The summed E-state index contributed by atoms with van der Waals surface area (Å²) in [5.41, 5.74) is 4.93. The van der Waals surface area contributed by atoms with Crippen LogP contribution in [-0.2, 0) is 13.0 Å². The molecular formula is C27H28N4O2. The van der Waals surface area contributed by atoms with Crippen molar-refractivity contribution in [2.75, 3.05) is 13.1 Å². The first-order valence-corrected chi connectivity index (χ1v) is 11.1. The van der Waals surface area contributed by atoms with Crippen molar-refractivity contribution in [3.8, 4) is 5.75 Å². The highest BCUT2D eigenvalue weighted by Gasteiger charge is 2.10. The smallest absolute Gasteiger partial charge is 0.251 e. The minimum absolute atomic E-state index is 0.0585. The van der Waals surface area contributed by atoms with E-state index in [1.807, 2.05) is 60.8 Å². The number of rotatable bonds is 10. The van der Waals surface area contributed by atoms with Gasteiger partial charge in [0, 0.05) is 48.1 Å². The van der Waals surface area contributed by atoms with Crippen molar-refractivity contribution >= 4 is 22.9 Å². The Kier molecular flexibility index (Phi) is 7.51. The van der Waals surface area contributed by atoms with Crippen LogP contribution in [0.2, 0.25) is 0 Å². The molecule has 0 saturated heterocycles. The molecule has 4 rings (SSSR count). The maximum absolute atomic E-state index is 12.7. The summed E-state index contributed by atoms with van der Waals surface area (Å²) in [4.78, 5) is 19.9.